The lowest BCUT2D eigenvalue weighted by Crippen LogP contribution is -2.41. The summed E-state index contributed by atoms with van der Waals surface area (Å²) < 4.78 is 0. The summed E-state index contributed by atoms with van der Waals surface area (Å²) in [5.74, 6) is -0.996. The molecule has 3 nitrogen and oxygen atoms in total. The Balaban J connectivity index is 3.32. The average Bonchev–Trinajstić information content (AvgIpc) is 2.27. The molecule has 0 aromatic heterocycles. The standard InChI is InChI=1S/C13H18ClNO2/c1-5-13(2,3)15(4)10-8-6-7-9(14)11(10)12(16)17/h6-8H,5H2,1-4H3,(H,16,17). The molecule has 0 aliphatic rings. The van der Waals surface area contributed by atoms with Crippen LogP contribution in [-0.2, 0) is 0 Å². The van der Waals surface area contributed by atoms with E-state index in [1.807, 2.05) is 11.9 Å². The Labute approximate surface area is 107 Å². The third-order valence-electron chi connectivity index (χ3n) is 3.34. The second kappa shape index (κ2) is 4.96. The molecule has 0 aliphatic carbocycles. The van der Waals surface area contributed by atoms with Gasteiger partial charge in [0.1, 0.15) is 5.56 Å². The van der Waals surface area contributed by atoms with Crippen LogP contribution >= 0.6 is 11.6 Å². The minimum absolute atomic E-state index is 0.116. The van der Waals surface area contributed by atoms with E-state index in [1.165, 1.54) is 0 Å². The van der Waals surface area contributed by atoms with E-state index in [-0.39, 0.29) is 16.1 Å². The predicted octanol–water partition coefficient (Wildman–Crippen LogP) is 3.66. The van der Waals surface area contributed by atoms with Crippen molar-refractivity contribution in [1.82, 2.24) is 0 Å². The molecule has 0 fully saturated rings. The number of carbonyl (C=O) groups is 1. The van der Waals surface area contributed by atoms with Crippen molar-refractivity contribution in [2.45, 2.75) is 32.7 Å². The smallest absolute Gasteiger partial charge is 0.339 e. The maximum Gasteiger partial charge on any atom is 0.339 e. The first kappa shape index (κ1) is 13.8. The zero-order valence-corrected chi connectivity index (χ0v) is 11.4. The number of halogens is 1. The van der Waals surface area contributed by atoms with E-state index in [0.717, 1.165) is 6.42 Å². The minimum Gasteiger partial charge on any atom is -0.478 e. The van der Waals surface area contributed by atoms with Crippen molar-refractivity contribution in [1.29, 1.82) is 0 Å². The van der Waals surface area contributed by atoms with Crippen LogP contribution < -0.4 is 4.90 Å². The van der Waals surface area contributed by atoms with E-state index in [2.05, 4.69) is 20.8 Å². The molecule has 1 aromatic rings. The number of nitrogens with zero attached hydrogens (tertiary/aromatic N) is 1. The number of carboxylic acid groups (broad SMARTS) is 1. The van der Waals surface area contributed by atoms with E-state index >= 15 is 0 Å². The Morgan fingerprint density at radius 2 is 2.06 bits per heavy atom. The van der Waals surface area contributed by atoms with Gasteiger partial charge >= 0.3 is 5.97 Å². The van der Waals surface area contributed by atoms with E-state index in [4.69, 9.17) is 11.6 Å². The van der Waals surface area contributed by atoms with Crippen LogP contribution in [0.4, 0.5) is 5.69 Å². The molecule has 0 atom stereocenters. The van der Waals surface area contributed by atoms with Crippen LogP contribution in [0.3, 0.4) is 0 Å². The molecule has 0 bridgehead atoms. The maximum absolute atomic E-state index is 11.3. The van der Waals surface area contributed by atoms with Crippen molar-refractivity contribution in [3.63, 3.8) is 0 Å². The molecule has 17 heavy (non-hydrogen) atoms. The van der Waals surface area contributed by atoms with Crippen molar-refractivity contribution in [2.75, 3.05) is 11.9 Å². The quantitative estimate of drug-likeness (QED) is 0.893. The molecule has 1 aromatic carbocycles. The van der Waals surface area contributed by atoms with Crippen molar-refractivity contribution in [3.8, 4) is 0 Å². The zero-order chi connectivity index (χ0) is 13.2. The van der Waals surface area contributed by atoms with Crippen LogP contribution in [0.5, 0.6) is 0 Å². The van der Waals surface area contributed by atoms with Gasteiger partial charge in [0, 0.05) is 12.6 Å². The highest BCUT2D eigenvalue weighted by molar-refractivity contribution is 6.34. The van der Waals surface area contributed by atoms with Gasteiger partial charge in [0.15, 0.2) is 0 Å². The lowest BCUT2D eigenvalue weighted by Gasteiger charge is -2.37. The highest BCUT2D eigenvalue weighted by atomic mass is 35.5. The van der Waals surface area contributed by atoms with E-state index < -0.39 is 5.97 Å². The summed E-state index contributed by atoms with van der Waals surface area (Å²) in [6.07, 6.45) is 0.912. The summed E-state index contributed by atoms with van der Waals surface area (Å²) in [7, 11) is 1.89. The summed E-state index contributed by atoms with van der Waals surface area (Å²) in [6, 6.07) is 5.15. The van der Waals surface area contributed by atoms with Gasteiger partial charge in [0.05, 0.1) is 10.7 Å². The third kappa shape index (κ3) is 2.72. The fourth-order valence-corrected chi connectivity index (χ4v) is 1.82. The molecular weight excluding hydrogens is 238 g/mol. The average molecular weight is 256 g/mol. The summed E-state index contributed by atoms with van der Waals surface area (Å²) in [4.78, 5) is 13.2. The minimum atomic E-state index is -0.996. The third-order valence-corrected chi connectivity index (χ3v) is 3.66. The lowest BCUT2D eigenvalue weighted by molar-refractivity contribution is 0.0697. The molecule has 0 amide bonds. The van der Waals surface area contributed by atoms with Gasteiger partial charge in [-0.1, -0.05) is 24.6 Å². The fourth-order valence-electron chi connectivity index (χ4n) is 1.57. The first-order chi connectivity index (χ1) is 7.81. The Kier molecular flexibility index (Phi) is 4.04. The largest absolute Gasteiger partial charge is 0.478 e. The number of carboxylic acids is 1. The van der Waals surface area contributed by atoms with Gasteiger partial charge in [-0.25, -0.2) is 4.79 Å². The number of anilines is 1. The summed E-state index contributed by atoms with van der Waals surface area (Å²) in [6.45, 7) is 6.21. The van der Waals surface area contributed by atoms with E-state index in [9.17, 15) is 9.90 Å². The van der Waals surface area contributed by atoms with Gasteiger partial charge in [-0.2, -0.15) is 0 Å². The maximum atomic E-state index is 11.3. The lowest BCUT2D eigenvalue weighted by atomic mass is 9.98. The van der Waals surface area contributed by atoms with Gasteiger partial charge in [0.2, 0.25) is 0 Å². The molecule has 1 rings (SSSR count). The van der Waals surface area contributed by atoms with Crippen molar-refractivity contribution in [2.24, 2.45) is 0 Å². The second-order valence-electron chi connectivity index (χ2n) is 4.66. The number of rotatable bonds is 4. The van der Waals surface area contributed by atoms with Gasteiger partial charge in [0.25, 0.3) is 0 Å². The molecule has 0 aliphatic heterocycles. The van der Waals surface area contributed by atoms with Crippen molar-refractivity contribution in [3.05, 3.63) is 28.8 Å². The number of aromatic carboxylic acids is 1. The molecular formula is C13H18ClNO2. The molecule has 4 heteroatoms. The zero-order valence-electron chi connectivity index (χ0n) is 10.6. The normalized spacial score (nSPS) is 11.4. The molecule has 0 heterocycles. The molecule has 0 spiro atoms. The molecule has 94 valence electrons. The van der Waals surface area contributed by atoms with Crippen LogP contribution in [0.15, 0.2) is 18.2 Å². The summed E-state index contributed by atoms with van der Waals surface area (Å²) >= 11 is 5.95. The Hall–Kier alpha value is -1.22. The molecule has 0 saturated carbocycles. The van der Waals surface area contributed by atoms with E-state index in [1.54, 1.807) is 18.2 Å². The summed E-state index contributed by atoms with van der Waals surface area (Å²) in [5, 5.41) is 9.49. The fraction of sp³-hybridized carbons (Fsp3) is 0.462. The molecule has 0 unspecified atom stereocenters. The first-order valence-corrected chi connectivity index (χ1v) is 5.94. The van der Waals surface area contributed by atoms with Crippen LogP contribution in [0.25, 0.3) is 0 Å². The monoisotopic (exact) mass is 255 g/mol. The van der Waals surface area contributed by atoms with Crippen LogP contribution in [0, 0.1) is 0 Å². The number of hydrogen-bond acceptors (Lipinski definition) is 2. The SMILES string of the molecule is CCC(C)(C)N(C)c1cccc(Cl)c1C(=O)O. The topological polar surface area (TPSA) is 40.5 Å². The molecule has 1 N–H and O–H groups in total. The second-order valence-corrected chi connectivity index (χ2v) is 5.07. The first-order valence-electron chi connectivity index (χ1n) is 5.57. The van der Waals surface area contributed by atoms with Gasteiger partial charge < -0.3 is 10.0 Å². The van der Waals surface area contributed by atoms with Crippen LogP contribution in [0.2, 0.25) is 5.02 Å². The van der Waals surface area contributed by atoms with Crippen molar-refractivity contribution >= 4 is 23.3 Å². The van der Waals surface area contributed by atoms with E-state index in [0.29, 0.717) is 5.69 Å². The van der Waals surface area contributed by atoms with Gasteiger partial charge in [-0.3, -0.25) is 0 Å². The Bertz CT molecular complexity index is 429. The number of hydrogen-bond donors (Lipinski definition) is 1. The molecule has 0 radical (unpaired) electrons. The van der Waals surface area contributed by atoms with Crippen LogP contribution in [-0.4, -0.2) is 23.7 Å². The highest BCUT2D eigenvalue weighted by Gasteiger charge is 2.26. The number of benzene rings is 1. The van der Waals surface area contributed by atoms with Crippen molar-refractivity contribution < 1.29 is 9.90 Å². The summed E-state index contributed by atoms with van der Waals surface area (Å²) in [5.41, 5.74) is 0.699. The van der Waals surface area contributed by atoms with Gasteiger partial charge in [-0.15, -0.1) is 0 Å². The van der Waals surface area contributed by atoms with Crippen LogP contribution in [0.1, 0.15) is 37.6 Å². The Morgan fingerprint density at radius 3 is 2.53 bits per heavy atom. The Morgan fingerprint density at radius 1 is 1.47 bits per heavy atom. The highest BCUT2D eigenvalue weighted by Crippen LogP contribution is 2.31. The predicted molar refractivity (Wildman–Crippen MR) is 71.2 cm³/mol. The molecule has 0 saturated heterocycles. The van der Waals surface area contributed by atoms with Gasteiger partial charge in [-0.05, 0) is 32.4 Å².